The van der Waals surface area contributed by atoms with Gasteiger partial charge < -0.3 is 15.4 Å². The Bertz CT molecular complexity index is 619. The fraction of sp³-hybridized carbons (Fsp3) is 0.267. The van der Waals surface area contributed by atoms with Crippen molar-refractivity contribution in [2.75, 3.05) is 19.7 Å². The molecule has 0 fully saturated rings. The molecule has 0 unspecified atom stereocenters. The van der Waals surface area contributed by atoms with Gasteiger partial charge in [-0.15, -0.1) is 0 Å². The van der Waals surface area contributed by atoms with Crippen molar-refractivity contribution in [2.24, 2.45) is 0 Å². The van der Waals surface area contributed by atoms with Crippen molar-refractivity contribution in [3.05, 3.63) is 40.7 Å². The molecule has 0 aliphatic rings. The first-order valence-electron chi connectivity index (χ1n) is 6.75. The van der Waals surface area contributed by atoms with Crippen molar-refractivity contribution in [3.63, 3.8) is 0 Å². The van der Waals surface area contributed by atoms with Crippen LogP contribution in [0.1, 0.15) is 12.5 Å². The SMILES string of the molecule is CCNC(=O)CNC(=O)COC(=O)/C=C/c1ccc(F)c(Cl)c1. The van der Waals surface area contributed by atoms with E-state index in [2.05, 4.69) is 10.6 Å². The number of nitrogens with one attached hydrogen (secondary N) is 2. The predicted molar refractivity (Wildman–Crippen MR) is 83.1 cm³/mol. The Balaban J connectivity index is 2.36. The summed E-state index contributed by atoms with van der Waals surface area (Å²) < 4.78 is 17.7. The highest BCUT2D eigenvalue weighted by molar-refractivity contribution is 6.30. The first kappa shape index (κ1) is 18.6. The molecule has 124 valence electrons. The Kier molecular flexibility index (Phi) is 7.76. The van der Waals surface area contributed by atoms with Crippen molar-refractivity contribution < 1.29 is 23.5 Å². The summed E-state index contributed by atoms with van der Waals surface area (Å²) in [5, 5.41) is 4.74. The Hall–Kier alpha value is -2.41. The molecule has 0 saturated carbocycles. The number of likely N-dealkylation sites (N-methyl/N-ethyl adjacent to an activating group) is 1. The lowest BCUT2D eigenvalue weighted by molar-refractivity contribution is -0.143. The average molecular weight is 343 g/mol. The zero-order chi connectivity index (χ0) is 17.2. The maximum absolute atomic E-state index is 13.0. The van der Waals surface area contributed by atoms with Crippen LogP contribution in [0.4, 0.5) is 4.39 Å². The molecule has 23 heavy (non-hydrogen) atoms. The molecule has 2 amide bonds. The third-order valence-corrected chi connectivity index (χ3v) is 2.81. The second-order valence-electron chi connectivity index (χ2n) is 4.34. The van der Waals surface area contributed by atoms with Crippen LogP contribution in [0.5, 0.6) is 0 Å². The summed E-state index contributed by atoms with van der Waals surface area (Å²) in [6.07, 6.45) is 2.46. The molecule has 2 N–H and O–H groups in total. The molecular weight excluding hydrogens is 327 g/mol. The molecule has 0 saturated heterocycles. The molecule has 0 bridgehead atoms. The van der Waals surface area contributed by atoms with Crippen molar-refractivity contribution in [3.8, 4) is 0 Å². The van der Waals surface area contributed by atoms with E-state index in [9.17, 15) is 18.8 Å². The van der Waals surface area contributed by atoms with Crippen molar-refractivity contribution in [1.82, 2.24) is 10.6 Å². The number of amides is 2. The predicted octanol–water partition coefficient (Wildman–Crippen LogP) is 1.29. The molecule has 6 nitrogen and oxygen atoms in total. The van der Waals surface area contributed by atoms with Crippen molar-refractivity contribution in [2.45, 2.75) is 6.92 Å². The van der Waals surface area contributed by atoms with Crippen LogP contribution in [-0.4, -0.2) is 37.5 Å². The molecule has 0 aliphatic carbocycles. The van der Waals surface area contributed by atoms with Gasteiger partial charge in [-0.05, 0) is 30.7 Å². The topological polar surface area (TPSA) is 84.5 Å². The summed E-state index contributed by atoms with van der Waals surface area (Å²) in [6, 6.07) is 3.95. The van der Waals surface area contributed by atoms with Crippen molar-refractivity contribution >= 4 is 35.5 Å². The van der Waals surface area contributed by atoms with Crippen LogP contribution in [0.25, 0.3) is 6.08 Å². The first-order valence-corrected chi connectivity index (χ1v) is 7.13. The zero-order valence-corrected chi connectivity index (χ0v) is 13.2. The molecular formula is C15H16ClFN2O4. The van der Waals surface area contributed by atoms with Gasteiger partial charge in [0.15, 0.2) is 6.61 Å². The summed E-state index contributed by atoms with van der Waals surface area (Å²) in [7, 11) is 0. The maximum atomic E-state index is 13.0. The summed E-state index contributed by atoms with van der Waals surface area (Å²) >= 11 is 5.60. The van der Waals surface area contributed by atoms with E-state index in [1.807, 2.05) is 0 Å². The normalized spacial score (nSPS) is 10.4. The Morgan fingerprint density at radius 1 is 1.26 bits per heavy atom. The number of benzene rings is 1. The molecule has 0 atom stereocenters. The van der Waals surface area contributed by atoms with Gasteiger partial charge in [0, 0.05) is 12.6 Å². The van der Waals surface area contributed by atoms with Crippen LogP contribution in [-0.2, 0) is 19.1 Å². The maximum Gasteiger partial charge on any atom is 0.331 e. The van der Waals surface area contributed by atoms with Gasteiger partial charge in [-0.1, -0.05) is 17.7 Å². The van der Waals surface area contributed by atoms with Gasteiger partial charge in [0.2, 0.25) is 5.91 Å². The smallest absolute Gasteiger partial charge is 0.331 e. The third-order valence-electron chi connectivity index (χ3n) is 2.52. The minimum absolute atomic E-state index is 0.0646. The summed E-state index contributed by atoms with van der Waals surface area (Å²) in [5.41, 5.74) is 0.508. The monoisotopic (exact) mass is 342 g/mol. The van der Waals surface area contributed by atoms with Crippen LogP contribution in [0.2, 0.25) is 5.02 Å². The Morgan fingerprint density at radius 3 is 2.65 bits per heavy atom. The number of ether oxygens (including phenoxy) is 1. The largest absolute Gasteiger partial charge is 0.452 e. The van der Waals surface area contributed by atoms with E-state index in [1.54, 1.807) is 6.92 Å². The average Bonchev–Trinajstić information content (AvgIpc) is 2.52. The highest BCUT2D eigenvalue weighted by atomic mass is 35.5. The second-order valence-corrected chi connectivity index (χ2v) is 4.75. The van der Waals surface area contributed by atoms with Crippen LogP contribution >= 0.6 is 11.6 Å². The minimum atomic E-state index is -0.751. The quantitative estimate of drug-likeness (QED) is 0.577. The molecule has 8 heteroatoms. The standard InChI is InChI=1S/C15H16ClFN2O4/c1-2-18-13(20)8-19-14(21)9-23-15(22)6-4-10-3-5-12(17)11(16)7-10/h3-7H,2,8-9H2,1H3,(H,18,20)(H,19,21)/b6-4+. The molecule has 0 radical (unpaired) electrons. The molecule has 1 aromatic rings. The lowest BCUT2D eigenvalue weighted by atomic mass is 10.2. The zero-order valence-electron chi connectivity index (χ0n) is 12.4. The molecule has 0 spiro atoms. The number of rotatable bonds is 7. The molecule has 0 aromatic heterocycles. The van der Waals surface area contributed by atoms with E-state index in [0.29, 0.717) is 12.1 Å². The molecule has 1 aromatic carbocycles. The summed E-state index contributed by atoms with van der Waals surface area (Å²) in [6.45, 7) is 1.52. The lowest BCUT2D eigenvalue weighted by Crippen LogP contribution is -2.38. The number of esters is 1. The molecule has 0 heterocycles. The van der Waals surface area contributed by atoms with Gasteiger partial charge >= 0.3 is 5.97 Å². The van der Waals surface area contributed by atoms with Crippen molar-refractivity contribution in [1.29, 1.82) is 0 Å². The fourth-order valence-corrected chi connectivity index (χ4v) is 1.64. The minimum Gasteiger partial charge on any atom is -0.452 e. The number of halogens is 2. The highest BCUT2D eigenvalue weighted by Crippen LogP contribution is 2.16. The van der Waals surface area contributed by atoms with E-state index in [4.69, 9.17) is 16.3 Å². The van der Waals surface area contributed by atoms with Gasteiger partial charge in [-0.25, -0.2) is 9.18 Å². The van der Waals surface area contributed by atoms with E-state index in [1.165, 1.54) is 24.3 Å². The van der Waals surface area contributed by atoms with Crippen LogP contribution in [0.3, 0.4) is 0 Å². The molecule has 1 rings (SSSR count). The van der Waals surface area contributed by atoms with Gasteiger partial charge in [0.05, 0.1) is 11.6 Å². The lowest BCUT2D eigenvalue weighted by Gasteiger charge is -2.05. The van der Waals surface area contributed by atoms with E-state index < -0.39 is 24.3 Å². The molecule has 0 aliphatic heterocycles. The fourth-order valence-electron chi connectivity index (χ4n) is 1.45. The van der Waals surface area contributed by atoms with Crippen LogP contribution in [0, 0.1) is 5.82 Å². The van der Waals surface area contributed by atoms with Crippen LogP contribution in [0.15, 0.2) is 24.3 Å². The first-order chi connectivity index (χ1) is 10.9. The number of carbonyl (C=O) groups excluding carboxylic acids is 3. The number of hydrogen-bond donors (Lipinski definition) is 2. The summed E-state index contributed by atoms with van der Waals surface area (Å²) in [5.74, 6) is -2.24. The van der Waals surface area contributed by atoms with Crippen LogP contribution < -0.4 is 10.6 Å². The highest BCUT2D eigenvalue weighted by Gasteiger charge is 2.07. The third kappa shape index (κ3) is 7.42. The van der Waals surface area contributed by atoms with Gasteiger partial charge in [0.25, 0.3) is 5.91 Å². The van der Waals surface area contributed by atoms with E-state index in [0.717, 1.165) is 6.08 Å². The van der Waals surface area contributed by atoms with Gasteiger partial charge in [0.1, 0.15) is 5.82 Å². The van der Waals surface area contributed by atoms with E-state index >= 15 is 0 Å². The number of hydrogen-bond acceptors (Lipinski definition) is 4. The number of carbonyl (C=O) groups is 3. The van der Waals surface area contributed by atoms with Gasteiger partial charge in [-0.2, -0.15) is 0 Å². The Labute approximate surface area is 137 Å². The Morgan fingerprint density at radius 2 is 2.00 bits per heavy atom. The summed E-state index contributed by atoms with van der Waals surface area (Å²) in [4.78, 5) is 33.9. The van der Waals surface area contributed by atoms with Gasteiger partial charge in [-0.3, -0.25) is 9.59 Å². The second kappa shape index (κ2) is 9.58. The van der Waals surface area contributed by atoms with E-state index in [-0.39, 0.29) is 17.5 Å².